The van der Waals surface area contributed by atoms with Crippen LogP contribution in [0.15, 0.2) is 13.2 Å². The Morgan fingerprint density at radius 2 is 1.67 bits per heavy atom. The van der Waals surface area contributed by atoms with Gasteiger partial charge >= 0.3 is 0 Å². The van der Waals surface area contributed by atoms with Gasteiger partial charge in [-0.2, -0.15) is 0 Å². The predicted molar refractivity (Wildman–Crippen MR) is 32.3 cm³/mol. The van der Waals surface area contributed by atoms with E-state index in [4.69, 9.17) is 11.6 Å². The first kappa shape index (κ1) is 9.39. The van der Waals surface area contributed by atoms with Crippen LogP contribution in [0, 0.1) is 0 Å². The molecule has 0 aliphatic carbocycles. The lowest BCUT2D eigenvalue weighted by Gasteiger charge is -1.65. The molecule has 0 aromatic rings. The highest BCUT2D eigenvalue weighted by molar-refractivity contribution is 6.17. The van der Waals surface area contributed by atoms with Crippen molar-refractivity contribution in [1.82, 2.24) is 0 Å². The van der Waals surface area contributed by atoms with Crippen LogP contribution in [0.5, 0.6) is 0 Å². The maximum atomic E-state index is 5.19. The highest BCUT2D eigenvalue weighted by atomic mass is 35.5. The molecule has 6 heavy (non-hydrogen) atoms. The van der Waals surface area contributed by atoms with E-state index in [-0.39, 0.29) is 0 Å². The molecule has 0 heterocycles. The first-order valence-corrected chi connectivity index (χ1v) is 2.51. The van der Waals surface area contributed by atoms with Crippen molar-refractivity contribution in [3.8, 4) is 0 Å². The van der Waals surface area contributed by atoms with E-state index < -0.39 is 0 Å². The smallest absolute Gasteiger partial charge is 0.0220 e. The van der Waals surface area contributed by atoms with Crippen molar-refractivity contribution in [2.24, 2.45) is 0 Å². The standard InChI is InChI=1S/C3H7Cl.C2H4/c1-2-3-4;1-2/h2-3H2,1H3;1-2H2. The molecule has 0 radical (unpaired) electrons. The molecule has 0 amide bonds. The van der Waals surface area contributed by atoms with Crippen LogP contribution in [0.3, 0.4) is 0 Å². The van der Waals surface area contributed by atoms with Crippen LogP contribution in [0.4, 0.5) is 0 Å². The molecular formula is C5H11Cl. The van der Waals surface area contributed by atoms with Crippen molar-refractivity contribution < 1.29 is 0 Å². The second-order valence-corrected chi connectivity index (χ2v) is 1.07. The molecule has 0 atom stereocenters. The summed E-state index contributed by atoms with van der Waals surface area (Å²) in [6.45, 7) is 8.05. The van der Waals surface area contributed by atoms with Gasteiger partial charge in [0, 0.05) is 5.88 Å². The van der Waals surface area contributed by atoms with Crippen LogP contribution in [0.2, 0.25) is 0 Å². The fourth-order valence-corrected chi connectivity index (χ4v) is 0. The van der Waals surface area contributed by atoms with Gasteiger partial charge < -0.3 is 0 Å². The lowest BCUT2D eigenvalue weighted by molar-refractivity contribution is 1.10. The zero-order valence-electron chi connectivity index (χ0n) is 4.21. The number of halogens is 1. The Balaban J connectivity index is 0. The van der Waals surface area contributed by atoms with E-state index in [9.17, 15) is 0 Å². The van der Waals surface area contributed by atoms with Gasteiger partial charge in [0.25, 0.3) is 0 Å². The fraction of sp³-hybridized carbons (Fsp3) is 0.600. The largest absolute Gasteiger partial charge is 0.127 e. The van der Waals surface area contributed by atoms with Gasteiger partial charge in [0.2, 0.25) is 0 Å². The van der Waals surface area contributed by atoms with E-state index in [2.05, 4.69) is 13.2 Å². The summed E-state index contributed by atoms with van der Waals surface area (Å²) in [5, 5.41) is 0. The molecule has 0 N–H and O–H groups in total. The maximum Gasteiger partial charge on any atom is 0.0220 e. The number of rotatable bonds is 1. The highest BCUT2D eigenvalue weighted by Gasteiger charge is 1.59. The van der Waals surface area contributed by atoms with Gasteiger partial charge in [0.1, 0.15) is 0 Å². The van der Waals surface area contributed by atoms with Crippen molar-refractivity contribution in [2.75, 3.05) is 5.88 Å². The zero-order chi connectivity index (χ0) is 5.41. The molecule has 0 unspecified atom stereocenters. The summed E-state index contributed by atoms with van der Waals surface area (Å²) in [6.07, 6.45) is 1.08. The molecule has 1 heteroatoms. The van der Waals surface area contributed by atoms with Gasteiger partial charge in [-0.3, -0.25) is 0 Å². The molecular weight excluding hydrogens is 95.5 g/mol. The number of hydrogen-bond donors (Lipinski definition) is 0. The SMILES string of the molecule is C=C.CCCCl. The molecule has 0 aromatic carbocycles. The fourth-order valence-electron chi connectivity index (χ4n) is 0. The summed E-state index contributed by atoms with van der Waals surface area (Å²) in [7, 11) is 0. The maximum absolute atomic E-state index is 5.19. The molecule has 0 saturated heterocycles. The average molecular weight is 107 g/mol. The predicted octanol–water partition coefficient (Wildman–Crippen LogP) is 2.44. The second-order valence-electron chi connectivity index (χ2n) is 0.689. The Bertz CT molecular complexity index is 11.4. The number of alkyl halides is 1. The quantitative estimate of drug-likeness (QED) is 0.356. The lowest BCUT2D eigenvalue weighted by atomic mass is 10.6. The van der Waals surface area contributed by atoms with E-state index in [0.29, 0.717) is 0 Å². The van der Waals surface area contributed by atoms with Crippen LogP contribution in [0.25, 0.3) is 0 Å². The Labute approximate surface area is 44.8 Å². The third-order valence-electron chi connectivity index (χ3n) is 0.189. The monoisotopic (exact) mass is 106 g/mol. The van der Waals surface area contributed by atoms with Crippen molar-refractivity contribution in [3.63, 3.8) is 0 Å². The van der Waals surface area contributed by atoms with Gasteiger partial charge in [-0.25, -0.2) is 0 Å². The van der Waals surface area contributed by atoms with Crippen molar-refractivity contribution in [2.45, 2.75) is 13.3 Å². The Kier molecular flexibility index (Phi) is 31.0. The molecule has 0 bridgehead atoms. The summed E-state index contributed by atoms with van der Waals surface area (Å²) >= 11 is 5.19. The molecule has 0 rings (SSSR count). The van der Waals surface area contributed by atoms with E-state index in [1.165, 1.54) is 0 Å². The third-order valence-corrected chi connectivity index (χ3v) is 0.567. The van der Waals surface area contributed by atoms with Gasteiger partial charge in [-0.15, -0.1) is 24.8 Å². The molecule has 0 aliphatic rings. The molecule has 0 fully saturated rings. The van der Waals surface area contributed by atoms with Crippen molar-refractivity contribution >= 4 is 11.6 Å². The third kappa shape index (κ3) is 34.9. The minimum absolute atomic E-state index is 0.792. The van der Waals surface area contributed by atoms with E-state index in [0.717, 1.165) is 12.3 Å². The van der Waals surface area contributed by atoms with Crippen LogP contribution in [-0.2, 0) is 0 Å². The van der Waals surface area contributed by atoms with Gasteiger partial charge in [0.15, 0.2) is 0 Å². The zero-order valence-corrected chi connectivity index (χ0v) is 4.96. The summed E-state index contributed by atoms with van der Waals surface area (Å²) in [5.41, 5.74) is 0. The van der Waals surface area contributed by atoms with Crippen molar-refractivity contribution in [1.29, 1.82) is 0 Å². The first-order valence-electron chi connectivity index (χ1n) is 1.97. The second kappa shape index (κ2) is 19.8. The molecule has 0 nitrogen and oxygen atoms in total. The normalized spacial score (nSPS) is 5.67. The minimum atomic E-state index is 0.792. The van der Waals surface area contributed by atoms with Gasteiger partial charge in [-0.05, 0) is 6.42 Å². The van der Waals surface area contributed by atoms with Crippen molar-refractivity contribution in [3.05, 3.63) is 13.2 Å². The summed E-state index contributed by atoms with van der Waals surface area (Å²) in [5.74, 6) is 0.792. The van der Waals surface area contributed by atoms with E-state index in [1.54, 1.807) is 0 Å². The van der Waals surface area contributed by atoms with Gasteiger partial charge in [0.05, 0.1) is 0 Å². The van der Waals surface area contributed by atoms with Crippen LogP contribution >= 0.6 is 11.6 Å². The Morgan fingerprint density at radius 3 is 1.67 bits per heavy atom. The minimum Gasteiger partial charge on any atom is -0.127 e. The van der Waals surface area contributed by atoms with Gasteiger partial charge in [-0.1, -0.05) is 6.92 Å². The van der Waals surface area contributed by atoms with Crippen LogP contribution in [0.1, 0.15) is 13.3 Å². The first-order chi connectivity index (χ1) is 2.91. The Morgan fingerprint density at radius 1 is 1.50 bits per heavy atom. The molecule has 38 valence electrons. The summed E-state index contributed by atoms with van der Waals surface area (Å²) < 4.78 is 0. The summed E-state index contributed by atoms with van der Waals surface area (Å²) in [6, 6.07) is 0. The topological polar surface area (TPSA) is 0 Å². The average Bonchev–Trinajstić information content (AvgIpc) is 1.72. The molecule has 0 saturated carbocycles. The van der Waals surface area contributed by atoms with E-state index >= 15 is 0 Å². The van der Waals surface area contributed by atoms with Crippen LogP contribution in [-0.4, -0.2) is 5.88 Å². The Hall–Kier alpha value is 0.0300. The summed E-state index contributed by atoms with van der Waals surface area (Å²) in [4.78, 5) is 0. The lowest BCUT2D eigenvalue weighted by Crippen LogP contribution is -1.55. The molecule has 0 aliphatic heterocycles. The van der Waals surface area contributed by atoms with E-state index in [1.807, 2.05) is 6.92 Å². The van der Waals surface area contributed by atoms with Crippen LogP contribution < -0.4 is 0 Å². The highest BCUT2D eigenvalue weighted by Crippen LogP contribution is 1.75. The molecule has 0 aromatic heterocycles. The molecule has 0 spiro atoms. The number of hydrogen-bond acceptors (Lipinski definition) is 0.